The van der Waals surface area contributed by atoms with Crippen molar-refractivity contribution < 1.29 is 29.3 Å². The van der Waals surface area contributed by atoms with Gasteiger partial charge < -0.3 is 19.7 Å². The van der Waals surface area contributed by atoms with Crippen LogP contribution in [0, 0.1) is 0 Å². The van der Waals surface area contributed by atoms with E-state index < -0.39 is 11.6 Å². The van der Waals surface area contributed by atoms with Crippen LogP contribution < -0.4 is 0 Å². The molecule has 0 bridgehead atoms. The number of Topliss-reactive ketones (excluding diaryl/α,β-unsaturated/α-hetero) is 2. The number of aliphatic hydroxyl groups is 2. The Morgan fingerprint density at radius 3 is 0.913 bits per heavy atom. The molecule has 0 fully saturated rings. The van der Waals surface area contributed by atoms with E-state index >= 15 is 0 Å². The van der Waals surface area contributed by atoms with Crippen LogP contribution in [-0.2, 0) is 19.1 Å². The number of ketones is 2. The molecular weight excluding hydrogens is 576 g/mol. The Hall–Kier alpha value is -0.820. The fraction of sp³-hybridized carbons (Fsp3) is 0.950. The Bertz CT molecular complexity index is 631. The molecule has 0 aliphatic heterocycles. The summed E-state index contributed by atoms with van der Waals surface area (Å²) in [6.45, 7) is 8.57. The number of carbonyl (C=O) groups excluding carboxylic acids is 2. The predicted molar refractivity (Wildman–Crippen MR) is 193 cm³/mol. The van der Waals surface area contributed by atoms with Crippen LogP contribution in [0.5, 0.6) is 0 Å². The third-order valence-corrected chi connectivity index (χ3v) is 9.03. The first-order chi connectivity index (χ1) is 22.1. The molecule has 46 heavy (non-hydrogen) atoms. The quantitative estimate of drug-likeness (QED) is 0.0511. The van der Waals surface area contributed by atoms with Crippen LogP contribution in [0.1, 0.15) is 220 Å². The maximum Gasteiger partial charge on any atom is 0.169 e. The Kier molecular flexibility index (Phi) is 30.9. The molecule has 0 aromatic carbocycles. The molecule has 2 atom stereocenters. The third-order valence-electron chi connectivity index (χ3n) is 9.03. The van der Waals surface area contributed by atoms with Gasteiger partial charge >= 0.3 is 0 Å². The summed E-state index contributed by atoms with van der Waals surface area (Å²) < 4.78 is 11.2. The minimum Gasteiger partial charge on any atom is -0.365 e. The van der Waals surface area contributed by atoms with Gasteiger partial charge in [-0.25, -0.2) is 0 Å². The lowest BCUT2D eigenvalue weighted by atomic mass is 10.0. The Morgan fingerprint density at radius 2 is 0.652 bits per heavy atom. The van der Waals surface area contributed by atoms with Crippen LogP contribution in [-0.4, -0.2) is 46.6 Å². The number of hydrogen-bond donors (Lipinski definition) is 2. The Morgan fingerprint density at radius 1 is 0.413 bits per heavy atom. The molecule has 0 rings (SSSR count). The average Bonchev–Trinajstić information content (AvgIpc) is 2.99. The van der Waals surface area contributed by atoms with Crippen molar-refractivity contribution in [1.82, 2.24) is 0 Å². The summed E-state index contributed by atoms with van der Waals surface area (Å²) in [5.41, 5.74) is 0. The summed E-state index contributed by atoms with van der Waals surface area (Å²) in [5, 5.41) is 21.0. The topological polar surface area (TPSA) is 93.1 Å². The molecule has 0 saturated carbocycles. The highest BCUT2D eigenvalue weighted by molar-refractivity contribution is 5.80. The van der Waals surface area contributed by atoms with Gasteiger partial charge in [0.25, 0.3) is 0 Å². The van der Waals surface area contributed by atoms with Crippen molar-refractivity contribution in [2.24, 2.45) is 0 Å². The number of hydrogen-bond acceptors (Lipinski definition) is 6. The first kappa shape index (κ1) is 45.2. The fourth-order valence-electron chi connectivity index (χ4n) is 6.13. The van der Waals surface area contributed by atoms with E-state index in [1.54, 1.807) is 13.8 Å². The van der Waals surface area contributed by atoms with Crippen LogP contribution in [0.2, 0.25) is 0 Å². The summed E-state index contributed by atoms with van der Waals surface area (Å²) in [5.74, 6) is -2.97. The third kappa shape index (κ3) is 33.1. The molecule has 0 radical (unpaired) electrons. The average molecular weight is 655 g/mol. The highest BCUT2D eigenvalue weighted by atomic mass is 16.6. The number of carbonyl (C=O) groups is 2. The van der Waals surface area contributed by atoms with Gasteiger partial charge in [-0.15, -0.1) is 0 Å². The standard InChI is InChI=1S/C40H78O6/c1-5-7-9-11-13-15-17-19-21-23-25-29-33-45-39(3,43)35-37(41)31-27-28-32-38(42)36-40(4,44)46-34-30-26-24-22-20-18-16-14-12-10-8-6-2/h43-44H,5-36H2,1-4H3. The van der Waals surface area contributed by atoms with Crippen LogP contribution in [0.25, 0.3) is 0 Å². The van der Waals surface area contributed by atoms with Crippen molar-refractivity contribution in [2.45, 2.75) is 232 Å². The minimum atomic E-state index is -1.44. The van der Waals surface area contributed by atoms with Crippen LogP contribution in [0.15, 0.2) is 0 Å². The van der Waals surface area contributed by atoms with E-state index in [9.17, 15) is 19.8 Å². The van der Waals surface area contributed by atoms with E-state index in [0.29, 0.717) is 38.9 Å². The van der Waals surface area contributed by atoms with E-state index in [2.05, 4.69) is 13.8 Å². The van der Waals surface area contributed by atoms with Crippen LogP contribution >= 0.6 is 0 Å². The smallest absolute Gasteiger partial charge is 0.169 e. The zero-order chi connectivity index (χ0) is 34.2. The van der Waals surface area contributed by atoms with E-state index in [4.69, 9.17) is 9.47 Å². The predicted octanol–water partition coefficient (Wildman–Crippen LogP) is 11.3. The monoisotopic (exact) mass is 655 g/mol. The second-order valence-corrected chi connectivity index (χ2v) is 14.5. The second kappa shape index (κ2) is 31.4. The first-order valence-corrected chi connectivity index (χ1v) is 19.9. The summed E-state index contributed by atoms with van der Waals surface area (Å²) >= 11 is 0. The lowest BCUT2D eigenvalue weighted by Crippen LogP contribution is -2.32. The highest BCUT2D eigenvalue weighted by Crippen LogP contribution is 2.19. The molecule has 0 spiro atoms. The molecule has 2 N–H and O–H groups in total. The van der Waals surface area contributed by atoms with E-state index in [1.165, 1.54) is 128 Å². The number of ether oxygens (including phenoxy) is 2. The molecule has 0 aromatic rings. The van der Waals surface area contributed by atoms with Crippen molar-refractivity contribution >= 4 is 11.6 Å². The lowest BCUT2D eigenvalue weighted by molar-refractivity contribution is -0.196. The number of rotatable bonds is 37. The Labute approximate surface area is 285 Å². The molecule has 6 heteroatoms. The van der Waals surface area contributed by atoms with Gasteiger partial charge in [-0.3, -0.25) is 9.59 Å². The Balaban J connectivity index is 3.71. The largest absolute Gasteiger partial charge is 0.365 e. The van der Waals surface area contributed by atoms with Crippen molar-refractivity contribution in [3.05, 3.63) is 0 Å². The molecule has 0 saturated heterocycles. The summed E-state index contributed by atoms with van der Waals surface area (Å²) in [6.07, 6.45) is 32.3. The molecule has 2 unspecified atom stereocenters. The van der Waals surface area contributed by atoms with Gasteiger partial charge in [-0.05, 0) is 39.5 Å². The molecule has 0 aliphatic rings. The van der Waals surface area contributed by atoms with Gasteiger partial charge in [0.05, 0.1) is 26.1 Å². The van der Waals surface area contributed by atoms with Gasteiger partial charge in [0.2, 0.25) is 0 Å². The minimum absolute atomic E-state index is 0.0269. The van der Waals surface area contributed by atoms with Crippen molar-refractivity contribution in [2.75, 3.05) is 13.2 Å². The van der Waals surface area contributed by atoms with Gasteiger partial charge in [0.1, 0.15) is 11.6 Å². The van der Waals surface area contributed by atoms with Gasteiger partial charge in [-0.1, -0.05) is 155 Å². The maximum atomic E-state index is 12.4. The highest BCUT2D eigenvalue weighted by Gasteiger charge is 2.26. The molecule has 6 nitrogen and oxygen atoms in total. The van der Waals surface area contributed by atoms with E-state index in [-0.39, 0.29) is 24.4 Å². The summed E-state index contributed by atoms with van der Waals surface area (Å²) in [4.78, 5) is 24.8. The zero-order valence-corrected chi connectivity index (χ0v) is 31.2. The van der Waals surface area contributed by atoms with Crippen LogP contribution in [0.3, 0.4) is 0 Å². The van der Waals surface area contributed by atoms with Gasteiger partial charge in [0.15, 0.2) is 11.6 Å². The van der Waals surface area contributed by atoms with Crippen molar-refractivity contribution in [1.29, 1.82) is 0 Å². The second-order valence-electron chi connectivity index (χ2n) is 14.5. The summed E-state index contributed by atoms with van der Waals surface area (Å²) in [7, 11) is 0. The van der Waals surface area contributed by atoms with E-state index in [1.807, 2.05) is 0 Å². The first-order valence-electron chi connectivity index (χ1n) is 19.9. The number of unbranched alkanes of at least 4 members (excludes halogenated alkanes) is 23. The molecule has 0 aliphatic carbocycles. The van der Waals surface area contributed by atoms with Gasteiger partial charge in [-0.2, -0.15) is 0 Å². The maximum absolute atomic E-state index is 12.4. The SMILES string of the molecule is CCCCCCCCCCCCCCOC(C)(O)CC(=O)CCCCC(=O)CC(C)(O)OCCCCCCCCCCCCCC. The van der Waals surface area contributed by atoms with Crippen molar-refractivity contribution in [3.8, 4) is 0 Å². The van der Waals surface area contributed by atoms with Gasteiger partial charge in [0, 0.05) is 12.8 Å². The fourth-order valence-corrected chi connectivity index (χ4v) is 6.13. The molecule has 0 heterocycles. The zero-order valence-electron chi connectivity index (χ0n) is 31.2. The molecule has 0 aromatic heterocycles. The molecule has 274 valence electrons. The van der Waals surface area contributed by atoms with Crippen LogP contribution in [0.4, 0.5) is 0 Å². The lowest BCUT2D eigenvalue weighted by Gasteiger charge is -2.23. The molecular formula is C40H78O6. The van der Waals surface area contributed by atoms with E-state index in [0.717, 1.165) is 25.7 Å². The van der Waals surface area contributed by atoms with Crippen molar-refractivity contribution in [3.63, 3.8) is 0 Å². The normalized spacial score (nSPS) is 14.3. The summed E-state index contributed by atoms with van der Waals surface area (Å²) in [6, 6.07) is 0. The molecule has 0 amide bonds.